The molecule has 168 valence electrons. The molecule has 1 atom stereocenters. The van der Waals surface area contributed by atoms with E-state index in [1.54, 1.807) is 30.0 Å². The first-order chi connectivity index (χ1) is 15.0. The highest BCUT2D eigenvalue weighted by Gasteiger charge is 2.38. The Morgan fingerprint density at radius 2 is 1.97 bits per heavy atom. The highest BCUT2D eigenvalue weighted by atomic mass is 19.1. The van der Waals surface area contributed by atoms with Gasteiger partial charge >= 0.3 is 12.0 Å². The average molecular weight is 430 g/mol. The molecule has 0 radical (unpaired) electrons. The Kier molecular flexibility index (Phi) is 7.85. The van der Waals surface area contributed by atoms with E-state index in [1.807, 2.05) is 7.05 Å². The Labute approximate surface area is 183 Å². The Morgan fingerprint density at radius 3 is 2.58 bits per heavy atom. The van der Waals surface area contributed by atoms with Crippen molar-refractivity contribution < 1.29 is 18.7 Å². The lowest BCUT2D eigenvalue weighted by Crippen LogP contribution is -2.51. The fraction of sp³-hybridized carbons (Fsp3) is 0.500. The molecule has 2 aliphatic rings. The summed E-state index contributed by atoms with van der Waals surface area (Å²) in [5, 5.41) is 2.90. The van der Waals surface area contributed by atoms with Crippen LogP contribution in [0.1, 0.15) is 50.6 Å². The van der Waals surface area contributed by atoms with E-state index in [1.165, 1.54) is 31.4 Å². The molecule has 7 heteroatoms. The van der Waals surface area contributed by atoms with E-state index in [-0.39, 0.29) is 25.0 Å². The molecule has 1 aliphatic heterocycles. The number of urea groups is 1. The number of ether oxygens (including phenoxy) is 1. The molecule has 2 amide bonds. The first kappa shape index (κ1) is 23.0. The smallest absolute Gasteiger partial charge is 0.338 e. The molecule has 1 saturated carbocycles. The minimum Gasteiger partial charge on any atom is -0.463 e. The fourth-order valence-corrected chi connectivity index (χ4v) is 4.44. The van der Waals surface area contributed by atoms with Crippen LogP contribution in [0.25, 0.3) is 0 Å². The van der Waals surface area contributed by atoms with E-state index in [2.05, 4.69) is 16.8 Å². The highest BCUT2D eigenvalue weighted by molar-refractivity contribution is 5.95. The summed E-state index contributed by atoms with van der Waals surface area (Å²) in [6.07, 6.45) is 7.47. The van der Waals surface area contributed by atoms with Gasteiger partial charge in [0, 0.05) is 24.8 Å². The molecule has 6 nitrogen and oxygen atoms in total. The average Bonchev–Trinajstić information content (AvgIpc) is 2.77. The lowest BCUT2D eigenvalue weighted by Gasteiger charge is -2.39. The molecule has 0 spiro atoms. The number of hydrogen-bond donors (Lipinski definition) is 1. The molecular formula is C24H32FN3O3. The van der Waals surface area contributed by atoms with Crippen LogP contribution in [0.3, 0.4) is 0 Å². The molecule has 1 fully saturated rings. The van der Waals surface area contributed by atoms with Crippen LogP contribution < -0.4 is 5.32 Å². The zero-order valence-corrected chi connectivity index (χ0v) is 18.4. The van der Waals surface area contributed by atoms with Gasteiger partial charge in [0.2, 0.25) is 0 Å². The van der Waals surface area contributed by atoms with Crippen molar-refractivity contribution in [1.82, 2.24) is 15.1 Å². The summed E-state index contributed by atoms with van der Waals surface area (Å²) < 4.78 is 18.9. The normalized spacial score (nSPS) is 20.1. The SMILES string of the molecule is C=CCN1C(=O)NC(c2ccc(F)cc2)C(C(=O)OCC)=C1CN(C)C1CCCCC1. The lowest BCUT2D eigenvalue weighted by molar-refractivity contribution is -0.139. The molecule has 3 rings (SSSR count). The maximum absolute atomic E-state index is 13.5. The predicted molar refractivity (Wildman–Crippen MR) is 118 cm³/mol. The number of likely N-dealkylation sites (N-methyl/N-ethyl adjacent to an activating group) is 1. The summed E-state index contributed by atoms with van der Waals surface area (Å²) in [5.74, 6) is -0.851. The number of nitrogens with one attached hydrogen (secondary N) is 1. The summed E-state index contributed by atoms with van der Waals surface area (Å²) in [6.45, 7) is 6.46. The zero-order chi connectivity index (χ0) is 22.4. The van der Waals surface area contributed by atoms with Crippen LogP contribution in [-0.2, 0) is 9.53 Å². The zero-order valence-electron chi connectivity index (χ0n) is 18.4. The number of rotatable bonds is 8. The molecule has 1 unspecified atom stereocenters. The first-order valence-corrected chi connectivity index (χ1v) is 11.0. The standard InChI is InChI=1S/C24H32FN3O3/c1-4-15-28-20(16-27(3)19-9-7-6-8-10-19)21(23(29)31-5-2)22(26-24(28)30)17-11-13-18(25)14-12-17/h4,11-14,19,22H,1,5-10,15-16H2,2-3H3,(H,26,30). The molecule has 0 saturated heterocycles. The Hall–Kier alpha value is -2.67. The van der Waals surface area contributed by atoms with E-state index in [0.717, 1.165) is 12.8 Å². The van der Waals surface area contributed by atoms with Gasteiger partial charge in [0.05, 0.1) is 18.2 Å². The van der Waals surface area contributed by atoms with Gasteiger partial charge in [-0.3, -0.25) is 9.80 Å². The van der Waals surface area contributed by atoms with Crippen LogP contribution in [0, 0.1) is 5.82 Å². The molecule has 31 heavy (non-hydrogen) atoms. The molecule has 1 aliphatic carbocycles. The second-order valence-electron chi connectivity index (χ2n) is 8.12. The maximum Gasteiger partial charge on any atom is 0.338 e. The number of esters is 1. The van der Waals surface area contributed by atoms with Crippen LogP contribution >= 0.6 is 0 Å². The number of benzene rings is 1. The van der Waals surface area contributed by atoms with Crippen molar-refractivity contribution in [2.45, 2.75) is 51.1 Å². The van der Waals surface area contributed by atoms with Crippen LogP contribution in [-0.4, -0.2) is 54.6 Å². The maximum atomic E-state index is 13.5. The monoisotopic (exact) mass is 429 g/mol. The largest absolute Gasteiger partial charge is 0.463 e. The van der Waals surface area contributed by atoms with E-state index in [4.69, 9.17) is 4.74 Å². The minimum atomic E-state index is -0.706. The Balaban J connectivity index is 2.06. The quantitative estimate of drug-likeness (QED) is 0.498. The topological polar surface area (TPSA) is 61.9 Å². The number of amides is 2. The van der Waals surface area contributed by atoms with Crippen molar-refractivity contribution >= 4 is 12.0 Å². The third-order valence-electron chi connectivity index (χ3n) is 6.05. The van der Waals surface area contributed by atoms with Crippen LogP contribution in [0.2, 0.25) is 0 Å². The van der Waals surface area contributed by atoms with Crippen molar-refractivity contribution in [3.63, 3.8) is 0 Å². The van der Waals surface area contributed by atoms with Crippen LogP contribution in [0.4, 0.5) is 9.18 Å². The summed E-state index contributed by atoms with van der Waals surface area (Å²) in [6, 6.07) is 5.22. The van der Waals surface area contributed by atoms with Crippen LogP contribution in [0.5, 0.6) is 0 Å². The number of nitrogens with zero attached hydrogens (tertiary/aromatic N) is 2. The van der Waals surface area contributed by atoms with Crippen molar-refractivity contribution in [3.05, 3.63) is 59.6 Å². The van der Waals surface area contributed by atoms with Gasteiger partial charge < -0.3 is 10.1 Å². The summed E-state index contributed by atoms with van der Waals surface area (Å²) >= 11 is 0. The van der Waals surface area contributed by atoms with Gasteiger partial charge in [-0.05, 0) is 44.5 Å². The second-order valence-corrected chi connectivity index (χ2v) is 8.12. The van der Waals surface area contributed by atoms with Crippen molar-refractivity contribution in [2.24, 2.45) is 0 Å². The van der Waals surface area contributed by atoms with E-state index < -0.39 is 12.0 Å². The minimum absolute atomic E-state index is 0.222. The fourth-order valence-electron chi connectivity index (χ4n) is 4.44. The van der Waals surface area contributed by atoms with E-state index in [9.17, 15) is 14.0 Å². The highest BCUT2D eigenvalue weighted by Crippen LogP contribution is 2.33. The van der Waals surface area contributed by atoms with E-state index in [0.29, 0.717) is 29.4 Å². The second kappa shape index (κ2) is 10.6. The van der Waals surface area contributed by atoms with Crippen molar-refractivity contribution in [3.8, 4) is 0 Å². The Morgan fingerprint density at radius 1 is 1.29 bits per heavy atom. The summed E-state index contributed by atoms with van der Waals surface area (Å²) in [5.41, 5.74) is 1.64. The summed E-state index contributed by atoms with van der Waals surface area (Å²) in [7, 11) is 2.04. The van der Waals surface area contributed by atoms with Gasteiger partial charge in [0.1, 0.15) is 5.82 Å². The third kappa shape index (κ3) is 5.34. The van der Waals surface area contributed by atoms with Gasteiger partial charge in [-0.15, -0.1) is 6.58 Å². The number of carbonyl (C=O) groups is 2. The van der Waals surface area contributed by atoms with Gasteiger partial charge in [0.25, 0.3) is 0 Å². The van der Waals surface area contributed by atoms with Gasteiger partial charge in [0.15, 0.2) is 0 Å². The first-order valence-electron chi connectivity index (χ1n) is 11.0. The molecule has 0 aromatic heterocycles. The predicted octanol–water partition coefficient (Wildman–Crippen LogP) is 4.16. The van der Waals surface area contributed by atoms with Gasteiger partial charge in [-0.1, -0.05) is 37.5 Å². The van der Waals surface area contributed by atoms with Gasteiger partial charge in [-0.25, -0.2) is 14.0 Å². The molecule has 1 aromatic carbocycles. The number of hydrogen-bond acceptors (Lipinski definition) is 4. The Bertz CT molecular complexity index is 831. The molecule has 1 N–H and O–H groups in total. The molecule has 0 bridgehead atoms. The van der Waals surface area contributed by atoms with E-state index >= 15 is 0 Å². The molecule has 1 aromatic rings. The molecular weight excluding hydrogens is 397 g/mol. The molecule has 1 heterocycles. The lowest BCUT2D eigenvalue weighted by atomic mass is 9.92. The van der Waals surface area contributed by atoms with Crippen molar-refractivity contribution in [1.29, 1.82) is 0 Å². The third-order valence-corrected chi connectivity index (χ3v) is 6.05. The van der Waals surface area contributed by atoms with Gasteiger partial charge in [-0.2, -0.15) is 0 Å². The number of carbonyl (C=O) groups excluding carboxylic acids is 2. The van der Waals surface area contributed by atoms with Crippen LogP contribution in [0.15, 0.2) is 48.2 Å². The van der Waals surface area contributed by atoms with Crippen molar-refractivity contribution in [2.75, 3.05) is 26.7 Å². The summed E-state index contributed by atoms with van der Waals surface area (Å²) in [4.78, 5) is 29.9. The number of halogens is 1.